The van der Waals surface area contributed by atoms with Crippen LogP contribution in [0, 0.1) is 0 Å². The summed E-state index contributed by atoms with van der Waals surface area (Å²) >= 11 is 5.46. The van der Waals surface area contributed by atoms with Crippen LogP contribution in [-0.4, -0.2) is 15.6 Å². The standard InChI is InChI=1S/C12H10ClNO2/c13-6-3-7-14-8-10(12(15)16)9-4-1-2-5-11(9)14/h1-6,8H,7H2,(H,15,16)/b6-3+. The molecule has 1 heterocycles. The predicted octanol–water partition coefficient (Wildman–Crippen LogP) is 3.09. The first kappa shape index (κ1) is 10.8. The van der Waals surface area contributed by atoms with Crippen LogP contribution in [0.25, 0.3) is 10.9 Å². The van der Waals surface area contributed by atoms with Crippen molar-refractivity contribution >= 4 is 28.5 Å². The molecule has 0 fully saturated rings. The fourth-order valence-corrected chi connectivity index (χ4v) is 1.80. The minimum Gasteiger partial charge on any atom is -0.478 e. The second kappa shape index (κ2) is 4.41. The molecule has 0 spiro atoms. The SMILES string of the molecule is O=C(O)c1cn(C/C=C/Cl)c2ccccc12. The molecule has 2 rings (SSSR count). The Morgan fingerprint density at radius 1 is 1.44 bits per heavy atom. The van der Waals surface area contributed by atoms with Gasteiger partial charge < -0.3 is 9.67 Å². The monoisotopic (exact) mass is 235 g/mol. The molecule has 4 heteroatoms. The fourth-order valence-electron chi connectivity index (χ4n) is 1.72. The molecule has 0 aliphatic carbocycles. The number of aromatic carboxylic acids is 1. The predicted molar refractivity (Wildman–Crippen MR) is 63.9 cm³/mol. The van der Waals surface area contributed by atoms with Crippen LogP contribution in [0.5, 0.6) is 0 Å². The number of carboxylic acids is 1. The van der Waals surface area contributed by atoms with E-state index in [4.69, 9.17) is 16.7 Å². The molecule has 2 aromatic rings. The zero-order valence-electron chi connectivity index (χ0n) is 8.43. The van der Waals surface area contributed by atoms with Crippen molar-refractivity contribution in [2.75, 3.05) is 0 Å². The van der Waals surface area contributed by atoms with Crippen molar-refractivity contribution in [3.8, 4) is 0 Å². The van der Waals surface area contributed by atoms with Crippen LogP contribution < -0.4 is 0 Å². The number of fused-ring (bicyclic) bond motifs is 1. The minimum absolute atomic E-state index is 0.318. The maximum Gasteiger partial charge on any atom is 0.337 e. The summed E-state index contributed by atoms with van der Waals surface area (Å²) < 4.78 is 1.86. The first-order chi connectivity index (χ1) is 7.74. The Morgan fingerprint density at radius 3 is 2.88 bits per heavy atom. The van der Waals surface area contributed by atoms with Gasteiger partial charge in [0.2, 0.25) is 0 Å². The average molecular weight is 236 g/mol. The van der Waals surface area contributed by atoms with Crippen LogP contribution in [0.3, 0.4) is 0 Å². The number of hydrogen-bond acceptors (Lipinski definition) is 1. The van der Waals surface area contributed by atoms with E-state index in [-0.39, 0.29) is 0 Å². The highest BCUT2D eigenvalue weighted by molar-refractivity contribution is 6.25. The van der Waals surface area contributed by atoms with E-state index in [1.54, 1.807) is 18.3 Å². The maximum absolute atomic E-state index is 11.0. The molecule has 0 saturated heterocycles. The van der Waals surface area contributed by atoms with E-state index in [1.807, 2.05) is 22.8 Å². The number of rotatable bonds is 3. The van der Waals surface area contributed by atoms with E-state index in [0.29, 0.717) is 12.1 Å². The summed E-state index contributed by atoms with van der Waals surface area (Å²) in [7, 11) is 0. The number of carboxylic acid groups (broad SMARTS) is 1. The number of benzene rings is 1. The molecule has 82 valence electrons. The molecule has 0 bridgehead atoms. The highest BCUT2D eigenvalue weighted by atomic mass is 35.5. The van der Waals surface area contributed by atoms with E-state index < -0.39 is 5.97 Å². The summed E-state index contributed by atoms with van der Waals surface area (Å²) in [5.41, 5.74) is 2.64. The Balaban J connectivity index is 2.61. The Morgan fingerprint density at radius 2 is 2.19 bits per heavy atom. The summed E-state index contributed by atoms with van der Waals surface area (Å²) in [6, 6.07) is 7.41. The van der Waals surface area contributed by atoms with Crippen molar-refractivity contribution < 1.29 is 9.90 Å². The van der Waals surface area contributed by atoms with E-state index in [1.165, 1.54) is 5.54 Å². The topological polar surface area (TPSA) is 42.2 Å². The van der Waals surface area contributed by atoms with Crippen molar-refractivity contribution in [3.63, 3.8) is 0 Å². The van der Waals surface area contributed by atoms with Crippen LogP contribution in [0.15, 0.2) is 42.1 Å². The molecule has 0 aliphatic heterocycles. The van der Waals surface area contributed by atoms with Crippen molar-refractivity contribution in [2.24, 2.45) is 0 Å². The molecule has 16 heavy (non-hydrogen) atoms. The number of hydrogen-bond donors (Lipinski definition) is 1. The molecule has 1 N–H and O–H groups in total. The average Bonchev–Trinajstić information content (AvgIpc) is 2.65. The van der Waals surface area contributed by atoms with E-state index >= 15 is 0 Å². The van der Waals surface area contributed by atoms with Crippen LogP contribution in [-0.2, 0) is 6.54 Å². The first-order valence-corrected chi connectivity index (χ1v) is 5.24. The fraction of sp³-hybridized carbons (Fsp3) is 0.0833. The van der Waals surface area contributed by atoms with E-state index in [9.17, 15) is 4.79 Å². The van der Waals surface area contributed by atoms with Gasteiger partial charge in [-0.25, -0.2) is 4.79 Å². The van der Waals surface area contributed by atoms with Crippen molar-refractivity contribution in [1.29, 1.82) is 0 Å². The number of carbonyl (C=O) groups is 1. The van der Waals surface area contributed by atoms with Crippen molar-refractivity contribution in [1.82, 2.24) is 4.57 Å². The van der Waals surface area contributed by atoms with Gasteiger partial charge in [-0.15, -0.1) is 0 Å². The lowest BCUT2D eigenvalue weighted by atomic mass is 10.2. The molecule has 0 atom stereocenters. The first-order valence-electron chi connectivity index (χ1n) is 4.80. The van der Waals surface area contributed by atoms with Gasteiger partial charge >= 0.3 is 5.97 Å². The van der Waals surface area contributed by atoms with Gasteiger partial charge in [-0.2, -0.15) is 0 Å². The second-order valence-electron chi connectivity index (χ2n) is 3.38. The second-order valence-corrected chi connectivity index (χ2v) is 3.63. The third-order valence-electron chi connectivity index (χ3n) is 2.41. The number of allylic oxidation sites excluding steroid dienone is 1. The van der Waals surface area contributed by atoms with Gasteiger partial charge in [0.1, 0.15) is 0 Å². The van der Waals surface area contributed by atoms with Crippen molar-refractivity contribution in [2.45, 2.75) is 6.54 Å². The molecule has 0 radical (unpaired) electrons. The lowest BCUT2D eigenvalue weighted by molar-refractivity contribution is 0.0699. The number of nitrogens with zero attached hydrogens (tertiary/aromatic N) is 1. The molecule has 1 aromatic carbocycles. The summed E-state index contributed by atoms with van der Waals surface area (Å²) in [6.45, 7) is 0.567. The molecule has 3 nitrogen and oxygen atoms in total. The molecular formula is C12H10ClNO2. The van der Waals surface area contributed by atoms with Crippen LogP contribution in [0.2, 0.25) is 0 Å². The molecule has 0 saturated carbocycles. The summed E-state index contributed by atoms with van der Waals surface area (Å²) in [5, 5.41) is 9.81. The maximum atomic E-state index is 11.0. The van der Waals surface area contributed by atoms with Crippen LogP contribution in [0.4, 0.5) is 0 Å². The van der Waals surface area contributed by atoms with E-state index in [0.717, 1.165) is 10.9 Å². The van der Waals surface area contributed by atoms with Gasteiger partial charge in [0.15, 0.2) is 0 Å². The van der Waals surface area contributed by atoms with E-state index in [2.05, 4.69) is 0 Å². The Hall–Kier alpha value is -1.74. The third-order valence-corrected chi connectivity index (χ3v) is 2.59. The van der Waals surface area contributed by atoms with Crippen LogP contribution in [0.1, 0.15) is 10.4 Å². The van der Waals surface area contributed by atoms with Gasteiger partial charge in [0.25, 0.3) is 0 Å². The highest BCUT2D eigenvalue weighted by Gasteiger charge is 2.12. The Bertz CT molecular complexity index is 557. The number of aromatic nitrogens is 1. The van der Waals surface area contributed by atoms with Gasteiger partial charge in [-0.05, 0) is 6.07 Å². The lowest BCUT2D eigenvalue weighted by Crippen LogP contribution is -1.95. The molecule has 0 aliphatic rings. The zero-order valence-corrected chi connectivity index (χ0v) is 9.19. The van der Waals surface area contributed by atoms with Crippen LogP contribution >= 0.6 is 11.6 Å². The Kier molecular flexibility index (Phi) is 2.97. The normalized spacial score (nSPS) is 11.3. The van der Waals surface area contributed by atoms with Gasteiger partial charge in [0, 0.05) is 29.2 Å². The summed E-state index contributed by atoms with van der Waals surface area (Å²) in [5.74, 6) is -0.912. The molecule has 1 aromatic heterocycles. The smallest absolute Gasteiger partial charge is 0.337 e. The zero-order chi connectivity index (χ0) is 11.5. The van der Waals surface area contributed by atoms with Gasteiger partial charge in [-0.1, -0.05) is 35.9 Å². The quantitative estimate of drug-likeness (QED) is 0.888. The lowest BCUT2D eigenvalue weighted by Gasteiger charge is -1.99. The van der Waals surface area contributed by atoms with Gasteiger partial charge in [-0.3, -0.25) is 0 Å². The molecule has 0 amide bonds. The highest BCUT2D eigenvalue weighted by Crippen LogP contribution is 2.21. The largest absolute Gasteiger partial charge is 0.478 e. The minimum atomic E-state index is -0.912. The molecular weight excluding hydrogens is 226 g/mol. The Labute approximate surface area is 97.6 Å². The molecule has 0 unspecified atom stereocenters. The third kappa shape index (κ3) is 1.82. The van der Waals surface area contributed by atoms with Crippen molar-refractivity contribution in [3.05, 3.63) is 47.6 Å². The summed E-state index contributed by atoms with van der Waals surface area (Å²) in [6.07, 6.45) is 3.39. The summed E-state index contributed by atoms with van der Waals surface area (Å²) in [4.78, 5) is 11.0. The van der Waals surface area contributed by atoms with Gasteiger partial charge in [0.05, 0.1) is 5.56 Å². The number of para-hydroxylation sites is 1. The number of halogens is 1.